The normalized spacial score (nSPS) is 17.0. The maximum absolute atomic E-state index is 12.7. The highest BCUT2D eigenvalue weighted by Gasteiger charge is 2.21. The Labute approximate surface area is 147 Å². The number of amides is 1. The number of aromatic amines is 1. The van der Waals surface area contributed by atoms with Gasteiger partial charge in [0.05, 0.1) is 0 Å². The smallest absolute Gasteiger partial charge is 0.251 e. The van der Waals surface area contributed by atoms with E-state index in [9.17, 15) is 4.79 Å². The van der Waals surface area contributed by atoms with E-state index in [-0.39, 0.29) is 5.91 Å². The summed E-state index contributed by atoms with van der Waals surface area (Å²) >= 11 is 0. The first-order chi connectivity index (χ1) is 12.3. The van der Waals surface area contributed by atoms with E-state index in [0.29, 0.717) is 12.5 Å². The zero-order valence-corrected chi connectivity index (χ0v) is 14.2. The maximum Gasteiger partial charge on any atom is 0.251 e. The zero-order chi connectivity index (χ0) is 17.1. The molecule has 0 unspecified atom stereocenters. The van der Waals surface area contributed by atoms with Crippen LogP contribution < -0.4 is 10.6 Å². The van der Waals surface area contributed by atoms with Gasteiger partial charge in [-0.05, 0) is 48.6 Å². The predicted molar refractivity (Wildman–Crippen MR) is 101 cm³/mol. The Morgan fingerprint density at radius 2 is 1.96 bits per heavy atom. The van der Waals surface area contributed by atoms with Crippen LogP contribution in [0.5, 0.6) is 0 Å². The lowest BCUT2D eigenvalue weighted by Crippen LogP contribution is -2.27. The van der Waals surface area contributed by atoms with E-state index in [1.165, 1.54) is 10.9 Å². The standard InChI is InChI=1S/C21H23N3O/c25-21(19-7-2-1-5-17(19)15-9-11-22-13-15)23-12-10-16-14-24-20-8-4-3-6-18(16)20/h1-8,14-15,22,24H,9-13H2,(H,23,25)/t15-/m1/s1. The Morgan fingerprint density at radius 3 is 2.84 bits per heavy atom. The highest BCUT2D eigenvalue weighted by atomic mass is 16.1. The molecule has 4 nitrogen and oxygen atoms in total. The van der Waals surface area contributed by atoms with Crippen molar-refractivity contribution < 1.29 is 4.79 Å². The molecule has 1 saturated heterocycles. The molecule has 0 saturated carbocycles. The minimum atomic E-state index is 0.0299. The molecule has 1 fully saturated rings. The molecule has 3 N–H and O–H groups in total. The van der Waals surface area contributed by atoms with Crippen molar-refractivity contribution in [1.82, 2.24) is 15.6 Å². The van der Waals surface area contributed by atoms with E-state index in [0.717, 1.165) is 42.6 Å². The van der Waals surface area contributed by atoms with E-state index in [4.69, 9.17) is 0 Å². The molecule has 1 aliphatic heterocycles. The summed E-state index contributed by atoms with van der Waals surface area (Å²) in [5.74, 6) is 0.470. The highest BCUT2D eigenvalue weighted by Crippen LogP contribution is 2.25. The second kappa shape index (κ2) is 7.11. The van der Waals surface area contributed by atoms with Gasteiger partial charge < -0.3 is 15.6 Å². The molecule has 0 spiro atoms. The predicted octanol–water partition coefficient (Wildman–Crippen LogP) is 3.22. The first-order valence-corrected chi connectivity index (χ1v) is 8.96. The number of carbonyl (C=O) groups is 1. The van der Waals surface area contributed by atoms with Crippen molar-refractivity contribution in [1.29, 1.82) is 0 Å². The molecular weight excluding hydrogens is 310 g/mol. The summed E-state index contributed by atoms with van der Waals surface area (Å²) in [5.41, 5.74) is 4.36. The molecule has 4 rings (SSSR count). The molecule has 1 aliphatic rings. The number of nitrogens with one attached hydrogen (secondary N) is 3. The second-order valence-electron chi connectivity index (χ2n) is 6.64. The average Bonchev–Trinajstić information content (AvgIpc) is 3.32. The van der Waals surface area contributed by atoms with Crippen molar-refractivity contribution >= 4 is 16.8 Å². The van der Waals surface area contributed by atoms with Gasteiger partial charge in [0.15, 0.2) is 0 Å². The van der Waals surface area contributed by atoms with Gasteiger partial charge in [-0.15, -0.1) is 0 Å². The van der Waals surface area contributed by atoms with Crippen molar-refractivity contribution in [3.63, 3.8) is 0 Å². The molecule has 1 amide bonds. The SMILES string of the molecule is O=C(NCCc1c[nH]c2ccccc12)c1ccccc1[C@@H]1CCNC1. The fraction of sp³-hybridized carbons (Fsp3) is 0.286. The molecule has 0 aliphatic carbocycles. The van der Waals surface area contributed by atoms with Crippen molar-refractivity contribution in [2.24, 2.45) is 0 Å². The monoisotopic (exact) mass is 333 g/mol. The fourth-order valence-corrected chi connectivity index (χ4v) is 3.72. The lowest BCUT2D eigenvalue weighted by Gasteiger charge is -2.14. The Kier molecular flexibility index (Phi) is 4.53. The number of rotatable bonds is 5. The van der Waals surface area contributed by atoms with Crippen LogP contribution in [0.2, 0.25) is 0 Å². The quantitative estimate of drug-likeness (QED) is 0.671. The first-order valence-electron chi connectivity index (χ1n) is 8.96. The summed E-state index contributed by atoms with van der Waals surface area (Å²) in [7, 11) is 0. The second-order valence-corrected chi connectivity index (χ2v) is 6.64. The molecule has 0 radical (unpaired) electrons. The van der Waals surface area contributed by atoms with Crippen LogP contribution in [0.25, 0.3) is 10.9 Å². The number of hydrogen-bond donors (Lipinski definition) is 3. The third-order valence-electron chi connectivity index (χ3n) is 5.06. The molecule has 0 bridgehead atoms. The Balaban J connectivity index is 1.43. The van der Waals surface area contributed by atoms with E-state index in [2.05, 4.69) is 33.8 Å². The topological polar surface area (TPSA) is 56.9 Å². The van der Waals surface area contributed by atoms with E-state index >= 15 is 0 Å². The van der Waals surface area contributed by atoms with Crippen molar-refractivity contribution in [3.05, 3.63) is 71.4 Å². The van der Waals surface area contributed by atoms with Gasteiger partial charge in [0, 0.05) is 35.8 Å². The zero-order valence-electron chi connectivity index (χ0n) is 14.2. The molecule has 25 heavy (non-hydrogen) atoms. The van der Waals surface area contributed by atoms with Crippen LogP contribution in [0.3, 0.4) is 0 Å². The van der Waals surface area contributed by atoms with Gasteiger partial charge in [0.2, 0.25) is 0 Å². The van der Waals surface area contributed by atoms with Crippen LogP contribution in [-0.2, 0) is 6.42 Å². The third kappa shape index (κ3) is 3.30. The Hall–Kier alpha value is -2.59. The van der Waals surface area contributed by atoms with Crippen LogP contribution in [0.15, 0.2) is 54.7 Å². The summed E-state index contributed by atoms with van der Waals surface area (Å²) in [4.78, 5) is 16.0. The number of H-pyrrole nitrogens is 1. The molecular formula is C21H23N3O. The first kappa shape index (κ1) is 15.9. The summed E-state index contributed by atoms with van der Waals surface area (Å²) < 4.78 is 0. The molecule has 1 aromatic heterocycles. The van der Waals surface area contributed by atoms with Gasteiger partial charge in [-0.1, -0.05) is 36.4 Å². The molecule has 2 aromatic carbocycles. The van der Waals surface area contributed by atoms with E-state index in [1.54, 1.807) is 0 Å². The van der Waals surface area contributed by atoms with E-state index < -0.39 is 0 Å². The molecule has 2 heterocycles. The average molecular weight is 333 g/mol. The van der Waals surface area contributed by atoms with Gasteiger partial charge in [-0.2, -0.15) is 0 Å². The minimum Gasteiger partial charge on any atom is -0.361 e. The van der Waals surface area contributed by atoms with Crippen LogP contribution in [0, 0.1) is 0 Å². The van der Waals surface area contributed by atoms with Crippen LogP contribution in [0.1, 0.15) is 33.8 Å². The van der Waals surface area contributed by atoms with Crippen LogP contribution in [0.4, 0.5) is 0 Å². The van der Waals surface area contributed by atoms with Gasteiger partial charge in [0.1, 0.15) is 0 Å². The number of carbonyl (C=O) groups excluding carboxylic acids is 1. The summed E-state index contributed by atoms with van der Waals surface area (Å²) in [6.45, 7) is 2.62. The molecule has 3 aromatic rings. The number of para-hydroxylation sites is 1. The van der Waals surface area contributed by atoms with E-state index in [1.807, 2.05) is 36.5 Å². The number of fused-ring (bicyclic) bond motifs is 1. The van der Waals surface area contributed by atoms with Gasteiger partial charge in [-0.3, -0.25) is 4.79 Å². The van der Waals surface area contributed by atoms with Gasteiger partial charge in [-0.25, -0.2) is 0 Å². The van der Waals surface area contributed by atoms with Crippen molar-refractivity contribution in [2.45, 2.75) is 18.8 Å². The minimum absolute atomic E-state index is 0.0299. The maximum atomic E-state index is 12.7. The highest BCUT2D eigenvalue weighted by molar-refractivity contribution is 5.96. The van der Waals surface area contributed by atoms with Crippen molar-refractivity contribution in [2.75, 3.05) is 19.6 Å². The molecule has 128 valence electrons. The summed E-state index contributed by atoms with van der Waals surface area (Å²) in [5, 5.41) is 7.70. The molecule has 1 atom stereocenters. The molecule has 4 heteroatoms. The van der Waals surface area contributed by atoms with Crippen molar-refractivity contribution in [3.8, 4) is 0 Å². The third-order valence-corrected chi connectivity index (χ3v) is 5.06. The fourth-order valence-electron chi connectivity index (χ4n) is 3.72. The Morgan fingerprint density at radius 1 is 1.12 bits per heavy atom. The largest absolute Gasteiger partial charge is 0.361 e. The lowest BCUT2D eigenvalue weighted by atomic mass is 9.93. The van der Waals surface area contributed by atoms with Gasteiger partial charge in [0.25, 0.3) is 5.91 Å². The number of aromatic nitrogens is 1. The van der Waals surface area contributed by atoms with Gasteiger partial charge >= 0.3 is 0 Å². The Bertz CT molecular complexity index is 877. The lowest BCUT2D eigenvalue weighted by molar-refractivity contribution is 0.0953. The number of benzene rings is 2. The number of hydrogen-bond acceptors (Lipinski definition) is 2. The summed E-state index contributed by atoms with van der Waals surface area (Å²) in [6, 6.07) is 16.3. The van der Waals surface area contributed by atoms with Crippen LogP contribution >= 0.6 is 0 Å². The summed E-state index contributed by atoms with van der Waals surface area (Å²) in [6.07, 6.45) is 3.96. The van der Waals surface area contributed by atoms with Crippen LogP contribution in [-0.4, -0.2) is 30.5 Å².